The van der Waals surface area contributed by atoms with Crippen LogP contribution in [-0.2, 0) is 25.5 Å². The van der Waals surface area contributed by atoms with Crippen LogP contribution in [0.5, 0.6) is 11.5 Å². The summed E-state index contributed by atoms with van der Waals surface area (Å²) in [5.74, 6) is -4.33. The van der Waals surface area contributed by atoms with Crippen LogP contribution >= 0.6 is 0 Å². The molecular weight excluding hydrogens is 433 g/mol. The van der Waals surface area contributed by atoms with E-state index in [9.17, 15) is 19.1 Å². The van der Waals surface area contributed by atoms with Crippen molar-refractivity contribution in [3.8, 4) is 11.5 Å². The molecule has 1 aliphatic rings. The number of esters is 2. The number of aliphatic hydroxyl groups excluding tert-OH is 1. The van der Waals surface area contributed by atoms with E-state index in [2.05, 4.69) is 5.32 Å². The lowest BCUT2D eigenvalue weighted by atomic mass is 10.1. The smallest absolute Gasteiger partial charge is 0.453 e. The zero-order chi connectivity index (χ0) is 24.0. The zero-order valence-corrected chi connectivity index (χ0v) is 18.8. The highest BCUT2D eigenvalue weighted by Crippen LogP contribution is 2.41. The van der Waals surface area contributed by atoms with Gasteiger partial charge in [-0.1, -0.05) is 24.3 Å². The van der Waals surface area contributed by atoms with Crippen molar-refractivity contribution in [3.63, 3.8) is 0 Å². The second-order valence-corrected chi connectivity index (χ2v) is 7.59. The summed E-state index contributed by atoms with van der Waals surface area (Å²) in [5, 5.41) is 13.4. The van der Waals surface area contributed by atoms with E-state index in [0.29, 0.717) is 6.42 Å². The first-order valence-corrected chi connectivity index (χ1v) is 10.8. The second-order valence-electron chi connectivity index (χ2n) is 7.59. The highest BCUT2D eigenvalue weighted by atomic mass is 19.1. The molecule has 3 rings (SSSR count). The monoisotopic (exact) mass is 461 g/mol. The Morgan fingerprint density at radius 1 is 1.06 bits per heavy atom. The average molecular weight is 461 g/mol. The summed E-state index contributed by atoms with van der Waals surface area (Å²) in [7, 11) is 0. The fraction of sp³-hybridized carbons (Fsp3) is 0.417. The number of halogens is 1. The van der Waals surface area contributed by atoms with Crippen molar-refractivity contribution >= 4 is 11.9 Å². The maximum Gasteiger partial charge on any atom is 0.453 e. The van der Waals surface area contributed by atoms with Crippen molar-refractivity contribution in [1.82, 2.24) is 5.32 Å². The van der Waals surface area contributed by atoms with E-state index >= 15 is 0 Å². The number of rotatable bonds is 10. The number of fused-ring (bicyclic) bond motifs is 1. The van der Waals surface area contributed by atoms with Crippen LogP contribution in [-0.4, -0.2) is 48.6 Å². The molecule has 33 heavy (non-hydrogen) atoms. The molecule has 2 atom stereocenters. The van der Waals surface area contributed by atoms with E-state index in [4.69, 9.17) is 18.9 Å². The van der Waals surface area contributed by atoms with Crippen molar-refractivity contribution in [2.45, 2.75) is 45.1 Å². The van der Waals surface area contributed by atoms with Gasteiger partial charge in [0.05, 0.1) is 19.3 Å². The number of ether oxygens (including phenoxy) is 4. The number of hydrogen-bond donors (Lipinski definition) is 2. The quantitative estimate of drug-likeness (QED) is 0.411. The molecule has 0 amide bonds. The lowest BCUT2D eigenvalue weighted by Gasteiger charge is -2.22. The van der Waals surface area contributed by atoms with Crippen LogP contribution in [0, 0.1) is 5.82 Å². The molecule has 0 saturated heterocycles. The number of nitrogens with one attached hydrogen (secondary N) is 1. The zero-order valence-electron chi connectivity index (χ0n) is 18.8. The Morgan fingerprint density at radius 2 is 1.70 bits per heavy atom. The summed E-state index contributed by atoms with van der Waals surface area (Å²) in [6.07, 6.45) is -0.452. The third kappa shape index (κ3) is 5.43. The summed E-state index contributed by atoms with van der Waals surface area (Å²) < 4.78 is 35.0. The van der Waals surface area contributed by atoms with Crippen LogP contribution in [0.4, 0.5) is 4.39 Å². The third-order valence-electron chi connectivity index (χ3n) is 5.07. The van der Waals surface area contributed by atoms with Gasteiger partial charge in [0.25, 0.3) is 0 Å². The van der Waals surface area contributed by atoms with Gasteiger partial charge >= 0.3 is 17.7 Å². The van der Waals surface area contributed by atoms with Crippen LogP contribution in [0.25, 0.3) is 0 Å². The Morgan fingerprint density at radius 3 is 2.33 bits per heavy atom. The summed E-state index contributed by atoms with van der Waals surface area (Å²) >= 11 is 0. The topological polar surface area (TPSA) is 103 Å². The number of aliphatic hydroxyl groups is 1. The number of carbonyl (C=O) groups excluding carboxylic acids is 2. The molecular formula is C24H28FNO7. The molecule has 0 saturated carbocycles. The fourth-order valence-corrected chi connectivity index (χ4v) is 3.47. The van der Waals surface area contributed by atoms with Crippen molar-refractivity contribution in [2.75, 3.05) is 19.8 Å². The van der Waals surface area contributed by atoms with Gasteiger partial charge in [0, 0.05) is 18.2 Å². The standard InChI is InChI=1S/C24H28FNO7/c1-4-30-22(28)24(23(29)31-5-2)32-20-11-10-16(13-21(20)33-24)12-15(3)26-14-19(27)17-8-6-7-9-18(17)25/h6-11,13,15,19,26-27H,4-5,12,14H2,1-3H3. The van der Waals surface area contributed by atoms with Crippen LogP contribution in [0.15, 0.2) is 42.5 Å². The van der Waals surface area contributed by atoms with Gasteiger partial charge in [0.2, 0.25) is 0 Å². The molecule has 8 nitrogen and oxygen atoms in total. The molecule has 178 valence electrons. The van der Waals surface area contributed by atoms with Gasteiger partial charge in [-0.25, -0.2) is 14.0 Å². The average Bonchev–Trinajstić information content (AvgIpc) is 3.18. The molecule has 0 bridgehead atoms. The Kier molecular flexibility index (Phi) is 7.88. The minimum atomic E-state index is -2.33. The van der Waals surface area contributed by atoms with E-state index in [1.807, 2.05) is 6.92 Å². The summed E-state index contributed by atoms with van der Waals surface area (Å²) in [4.78, 5) is 24.9. The maximum absolute atomic E-state index is 13.8. The van der Waals surface area contributed by atoms with Crippen molar-refractivity contribution in [3.05, 3.63) is 59.4 Å². The Balaban J connectivity index is 1.66. The Labute approximate surface area is 191 Å². The van der Waals surface area contributed by atoms with Crippen LogP contribution in [0.1, 0.15) is 38.0 Å². The molecule has 2 aromatic rings. The highest BCUT2D eigenvalue weighted by molar-refractivity contribution is 6.03. The molecule has 0 spiro atoms. The van der Waals surface area contributed by atoms with E-state index in [0.717, 1.165) is 5.56 Å². The van der Waals surface area contributed by atoms with Gasteiger partial charge in [0.15, 0.2) is 11.5 Å². The lowest BCUT2D eigenvalue weighted by molar-refractivity contribution is -0.202. The first-order chi connectivity index (χ1) is 15.8. The largest absolute Gasteiger partial charge is 0.460 e. The first-order valence-electron chi connectivity index (χ1n) is 10.8. The normalized spacial score (nSPS) is 15.5. The summed E-state index contributed by atoms with van der Waals surface area (Å²) in [5.41, 5.74) is 1.07. The second kappa shape index (κ2) is 10.6. The van der Waals surface area contributed by atoms with E-state index in [1.165, 1.54) is 6.07 Å². The molecule has 0 aromatic heterocycles. The fourth-order valence-electron chi connectivity index (χ4n) is 3.47. The maximum atomic E-state index is 13.8. The number of hydrogen-bond acceptors (Lipinski definition) is 8. The van der Waals surface area contributed by atoms with E-state index in [-0.39, 0.29) is 42.9 Å². The van der Waals surface area contributed by atoms with Gasteiger partial charge < -0.3 is 29.4 Å². The van der Waals surface area contributed by atoms with Crippen LogP contribution < -0.4 is 14.8 Å². The molecule has 2 aromatic carbocycles. The first kappa shape index (κ1) is 24.5. The molecule has 1 aliphatic heterocycles. The molecule has 2 N–H and O–H groups in total. The van der Waals surface area contributed by atoms with Gasteiger partial charge in [-0.3, -0.25) is 0 Å². The molecule has 1 heterocycles. The highest BCUT2D eigenvalue weighted by Gasteiger charge is 2.59. The minimum absolute atomic E-state index is 0.0379. The van der Waals surface area contributed by atoms with Crippen molar-refractivity contribution in [1.29, 1.82) is 0 Å². The molecule has 2 unspecified atom stereocenters. The minimum Gasteiger partial charge on any atom is -0.460 e. The number of carbonyl (C=O) groups is 2. The summed E-state index contributed by atoms with van der Waals surface area (Å²) in [6.45, 7) is 5.37. The molecule has 0 radical (unpaired) electrons. The third-order valence-corrected chi connectivity index (χ3v) is 5.07. The SMILES string of the molecule is CCOC(=O)C1(C(=O)OCC)Oc2ccc(CC(C)NCC(O)c3ccccc3F)cc2O1. The predicted molar refractivity (Wildman–Crippen MR) is 116 cm³/mol. The van der Waals surface area contributed by atoms with Crippen LogP contribution in [0.2, 0.25) is 0 Å². The van der Waals surface area contributed by atoms with Gasteiger partial charge in [-0.2, -0.15) is 0 Å². The van der Waals surface area contributed by atoms with E-state index in [1.54, 1.807) is 50.2 Å². The Hall–Kier alpha value is -3.17. The molecule has 0 aliphatic carbocycles. The lowest BCUT2D eigenvalue weighted by Crippen LogP contribution is -2.55. The predicted octanol–water partition coefficient (Wildman–Crippen LogP) is 2.67. The van der Waals surface area contributed by atoms with Crippen molar-refractivity contribution < 1.29 is 38.0 Å². The number of benzene rings is 2. The van der Waals surface area contributed by atoms with E-state index < -0.39 is 29.6 Å². The van der Waals surface area contributed by atoms with Gasteiger partial charge in [-0.15, -0.1) is 0 Å². The molecule has 9 heteroatoms. The Bertz CT molecular complexity index is 979. The molecule has 0 fully saturated rings. The van der Waals surface area contributed by atoms with Gasteiger partial charge in [-0.05, 0) is 51.0 Å². The van der Waals surface area contributed by atoms with Gasteiger partial charge in [0.1, 0.15) is 5.82 Å². The van der Waals surface area contributed by atoms with Crippen molar-refractivity contribution in [2.24, 2.45) is 0 Å². The van der Waals surface area contributed by atoms with Crippen LogP contribution in [0.3, 0.4) is 0 Å². The summed E-state index contributed by atoms with van der Waals surface area (Å²) in [6, 6.07) is 11.1.